The van der Waals surface area contributed by atoms with Crippen LogP contribution in [0.4, 0.5) is 0 Å². The minimum absolute atomic E-state index is 0.223. The first kappa shape index (κ1) is 10.2. The highest BCUT2D eigenvalue weighted by Gasteiger charge is 2.16. The van der Waals surface area contributed by atoms with E-state index in [4.69, 9.17) is 4.11 Å². The lowest BCUT2D eigenvalue weighted by molar-refractivity contribution is -0.660. The van der Waals surface area contributed by atoms with Gasteiger partial charge in [0.05, 0.1) is 0 Å². The first-order valence-corrected chi connectivity index (χ1v) is 6.63. The predicted octanol–water partition coefficient (Wildman–Crippen LogP) is 4.08. The molecule has 0 aliphatic heterocycles. The van der Waals surface area contributed by atoms with E-state index in [1.165, 1.54) is 0 Å². The summed E-state index contributed by atoms with van der Waals surface area (Å²) in [5.74, 6) is 0. The van der Waals surface area contributed by atoms with E-state index < -0.39 is 11.8 Å². The molecule has 0 aliphatic rings. The lowest BCUT2D eigenvalue weighted by Crippen LogP contribution is -2.32. The van der Waals surface area contributed by atoms with E-state index >= 15 is 0 Å². The molecule has 0 saturated carbocycles. The van der Waals surface area contributed by atoms with Gasteiger partial charge in [-0.3, -0.25) is 0 Å². The summed E-state index contributed by atoms with van der Waals surface area (Å²) in [6.45, 7) is 7.63. The molecule has 2 rings (SSSR count). The fraction of sp³-hybridized carbons (Fsp3) is 0.389. The summed E-state index contributed by atoms with van der Waals surface area (Å²) in [4.78, 5) is 0. The molecular weight excluding hydrogens is 230 g/mol. The van der Waals surface area contributed by atoms with E-state index in [0.29, 0.717) is 5.56 Å². The summed E-state index contributed by atoms with van der Waals surface area (Å²) in [7, 11) is 1.83. The zero-order chi connectivity index (χ0) is 16.7. The largest absolute Gasteiger partial charge is 0.212 e. The van der Waals surface area contributed by atoms with E-state index in [1.54, 1.807) is 10.6 Å². The Balaban J connectivity index is 2.63. The second kappa shape index (κ2) is 5.16. The van der Waals surface area contributed by atoms with Crippen molar-refractivity contribution >= 4 is 0 Å². The number of pyridine rings is 1. The average molecular weight is 257 g/mol. The lowest BCUT2D eigenvalue weighted by atomic mass is 9.88. The van der Waals surface area contributed by atoms with Crippen LogP contribution in [0.25, 0.3) is 11.3 Å². The van der Waals surface area contributed by atoms with Crippen molar-refractivity contribution in [3.05, 3.63) is 53.7 Å². The molecule has 19 heavy (non-hydrogen) atoms. The second-order valence-corrected chi connectivity index (χ2v) is 5.99. The molecule has 0 aliphatic carbocycles. The van der Waals surface area contributed by atoms with Gasteiger partial charge in [-0.1, -0.05) is 39.0 Å². The average Bonchev–Trinajstić information content (AvgIpc) is 2.41. The fourth-order valence-electron chi connectivity index (χ4n) is 2.16. The molecule has 0 amide bonds. The van der Waals surface area contributed by atoms with Crippen LogP contribution in [0.1, 0.15) is 36.0 Å². The summed E-state index contributed by atoms with van der Waals surface area (Å²) in [6, 6.07) is 11.7. The Labute approximate surface area is 121 Å². The maximum atomic E-state index is 8.41. The number of benzene rings is 1. The van der Waals surface area contributed by atoms with E-state index in [-0.39, 0.29) is 6.17 Å². The van der Waals surface area contributed by atoms with E-state index in [1.807, 2.05) is 65.1 Å². The van der Waals surface area contributed by atoms with Crippen LogP contribution in [0.3, 0.4) is 0 Å². The zero-order valence-corrected chi connectivity index (χ0v) is 12.4. The summed E-state index contributed by atoms with van der Waals surface area (Å²) in [5.41, 5.74) is 3.00. The number of aryl methyl sites for hydroxylation is 1. The third kappa shape index (κ3) is 3.44. The van der Waals surface area contributed by atoms with Crippen molar-refractivity contribution in [1.29, 1.82) is 0 Å². The summed E-state index contributed by atoms with van der Waals surface area (Å²) in [5, 5.41) is 0. The maximum absolute atomic E-state index is 8.41. The molecule has 0 atom stereocenters. The SMILES string of the molecule is [2H]c1c(C([2H])([2H])C(C)(C)C)ccc(-c2ccccc2C)[n+]1C. The Bertz CT molecular complexity index is 700. The Morgan fingerprint density at radius 3 is 2.47 bits per heavy atom. The molecule has 1 aromatic heterocycles. The van der Waals surface area contributed by atoms with Crippen LogP contribution < -0.4 is 4.57 Å². The highest BCUT2D eigenvalue weighted by atomic mass is 14.9. The van der Waals surface area contributed by atoms with Gasteiger partial charge in [-0.15, -0.1) is 0 Å². The van der Waals surface area contributed by atoms with E-state index in [0.717, 1.165) is 16.8 Å². The van der Waals surface area contributed by atoms with Crippen LogP contribution in [0.5, 0.6) is 0 Å². The van der Waals surface area contributed by atoms with Crippen molar-refractivity contribution in [1.82, 2.24) is 0 Å². The Hall–Kier alpha value is -1.63. The standard InChI is InChI=1S/C18H24N/c1-14-8-6-7-9-16(14)17-11-10-15(13-19(17)5)12-18(2,3)4/h6-11,13H,12H2,1-5H3/q+1/i12D2,13D. The van der Waals surface area contributed by atoms with Crippen LogP contribution in [0, 0.1) is 12.3 Å². The lowest BCUT2D eigenvalue weighted by Gasteiger charge is -2.17. The van der Waals surface area contributed by atoms with Crippen molar-refractivity contribution in [3.63, 3.8) is 0 Å². The molecule has 0 saturated heterocycles. The highest BCUT2D eigenvalue weighted by molar-refractivity contribution is 5.60. The molecule has 1 heterocycles. The quantitative estimate of drug-likeness (QED) is 0.714. The Morgan fingerprint density at radius 1 is 1.16 bits per heavy atom. The third-order valence-corrected chi connectivity index (χ3v) is 2.99. The molecule has 0 radical (unpaired) electrons. The number of hydrogen-bond donors (Lipinski definition) is 0. The molecule has 0 fully saturated rings. The molecule has 0 bridgehead atoms. The molecule has 0 unspecified atom stereocenters. The van der Waals surface area contributed by atoms with Gasteiger partial charge >= 0.3 is 0 Å². The number of nitrogens with zero attached hydrogens (tertiary/aromatic N) is 1. The molecule has 1 heteroatoms. The van der Waals surface area contributed by atoms with Gasteiger partial charge < -0.3 is 0 Å². The molecule has 1 aromatic carbocycles. The van der Waals surface area contributed by atoms with Gasteiger partial charge in [-0.05, 0) is 36.4 Å². The normalized spacial score (nSPS) is 14.7. The van der Waals surface area contributed by atoms with Crippen LogP contribution in [0.2, 0.25) is 0 Å². The maximum Gasteiger partial charge on any atom is 0.212 e. The highest BCUT2D eigenvalue weighted by Crippen LogP contribution is 2.23. The van der Waals surface area contributed by atoms with Crippen LogP contribution in [-0.4, -0.2) is 0 Å². The third-order valence-electron chi connectivity index (χ3n) is 2.99. The molecule has 0 N–H and O–H groups in total. The zero-order valence-electron chi connectivity index (χ0n) is 15.4. The minimum Gasteiger partial charge on any atom is -0.201 e. The molecule has 1 nitrogen and oxygen atoms in total. The Kier molecular flexibility index (Phi) is 2.77. The molecule has 0 spiro atoms. The van der Waals surface area contributed by atoms with Gasteiger partial charge in [0, 0.05) is 19.9 Å². The van der Waals surface area contributed by atoms with Gasteiger partial charge in [0.2, 0.25) is 5.69 Å². The smallest absolute Gasteiger partial charge is 0.201 e. The van der Waals surface area contributed by atoms with E-state index in [9.17, 15) is 0 Å². The minimum atomic E-state index is -1.56. The van der Waals surface area contributed by atoms with Gasteiger partial charge in [-0.25, -0.2) is 4.57 Å². The summed E-state index contributed by atoms with van der Waals surface area (Å²) < 4.78 is 27.0. The fourth-order valence-corrected chi connectivity index (χ4v) is 2.16. The molecule has 100 valence electrons. The Morgan fingerprint density at radius 2 is 1.84 bits per heavy atom. The van der Waals surface area contributed by atoms with Crippen LogP contribution in [0.15, 0.2) is 42.6 Å². The van der Waals surface area contributed by atoms with Crippen molar-refractivity contribution in [2.45, 2.75) is 34.1 Å². The topological polar surface area (TPSA) is 3.88 Å². The summed E-state index contributed by atoms with van der Waals surface area (Å²) in [6.07, 6.45) is -1.34. The van der Waals surface area contributed by atoms with Gasteiger partial charge in [0.15, 0.2) is 6.17 Å². The number of rotatable bonds is 2. The van der Waals surface area contributed by atoms with Crippen LogP contribution in [-0.2, 0) is 13.4 Å². The monoisotopic (exact) mass is 257 g/mol. The first-order chi connectivity index (χ1) is 10.1. The molecular formula is C18H24N+. The van der Waals surface area contributed by atoms with Gasteiger partial charge in [0.25, 0.3) is 0 Å². The summed E-state index contributed by atoms with van der Waals surface area (Å²) >= 11 is 0. The van der Waals surface area contributed by atoms with Crippen molar-refractivity contribution in [3.8, 4) is 11.3 Å². The van der Waals surface area contributed by atoms with Gasteiger partial charge in [0.1, 0.15) is 8.42 Å². The van der Waals surface area contributed by atoms with Crippen molar-refractivity contribution < 1.29 is 8.68 Å². The van der Waals surface area contributed by atoms with E-state index in [2.05, 4.69) is 0 Å². The second-order valence-electron chi connectivity index (χ2n) is 5.99. The molecule has 2 aromatic rings. The number of hydrogen-bond acceptors (Lipinski definition) is 0. The number of aromatic nitrogens is 1. The van der Waals surface area contributed by atoms with Gasteiger partial charge in [-0.2, -0.15) is 0 Å². The van der Waals surface area contributed by atoms with Crippen molar-refractivity contribution in [2.24, 2.45) is 12.5 Å². The predicted molar refractivity (Wildman–Crippen MR) is 81.0 cm³/mol. The van der Waals surface area contributed by atoms with Crippen LogP contribution >= 0.6 is 0 Å². The van der Waals surface area contributed by atoms with Crippen molar-refractivity contribution in [2.75, 3.05) is 0 Å². The first-order valence-electron chi connectivity index (χ1n) is 8.13.